The average molecular weight is 475 g/mol. The van der Waals surface area contributed by atoms with Gasteiger partial charge in [0.2, 0.25) is 0 Å². The monoisotopic (exact) mass is 474 g/mol. The minimum atomic E-state index is -0.243. The van der Waals surface area contributed by atoms with E-state index in [1.165, 1.54) is 12.1 Å². The summed E-state index contributed by atoms with van der Waals surface area (Å²) in [6.45, 7) is 4.53. The molecule has 174 valence electrons. The summed E-state index contributed by atoms with van der Waals surface area (Å²) in [6.07, 6.45) is 5.71. The molecule has 4 aromatic rings. The zero-order valence-corrected chi connectivity index (χ0v) is 20.0. The van der Waals surface area contributed by atoms with E-state index in [0.29, 0.717) is 12.5 Å². The molecular weight excluding hydrogens is 447 g/mol. The average Bonchev–Trinajstić information content (AvgIpc) is 3.22. The molecular formula is C27H27FN4OS. The van der Waals surface area contributed by atoms with Gasteiger partial charge >= 0.3 is 0 Å². The van der Waals surface area contributed by atoms with E-state index in [0.717, 1.165) is 64.6 Å². The molecule has 0 N–H and O–H groups in total. The van der Waals surface area contributed by atoms with E-state index in [2.05, 4.69) is 16.5 Å². The summed E-state index contributed by atoms with van der Waals surface area (Å²) in [7, 11) is 0. The first kappa shape index (κ1) is 22.6. The summed E-state index contributed by atoms with van der Waals surface area (Å²) < 4.78 is 15.5. The highest BCUT2D eigenvalue weighted by molar-refractivity contribution is 7.98. The summed E-state index contributed by atoms with van der Waals surface area (Å²) in [5.41, 5.74) is 4.72. The Kier molecular flexibility index (Phi) is 6.63. The third-order valence-corrected chi connectivity index (χ3v) is 7.46. The lowest BCUT2D eigenvalue weighted by molar-refractivity contribution is 0.0697. The fourth-order valence-corrected chi connectivity index (χ4v) is 5.24. The lowest BCUT2D eigenvalue weighted by atomic mass is 9.98. The quantitative estimate of drug-likeness (QED) is 0.332. The Hall–Kier alpha value is -3.19. The maximum atomic E-state index is 13.3. The molecule has 34 heavy (non-hydrogen) atoms. The highest BCUT2D eigenvalue weighted by Crippen LogP contribution is 2.28. The molecule has 0 radical (unpaired) electrons. The highest BCUT2D eigenvalue weighted by atomic mass is 32.2. The second kappa shape index (κ2) is 9.97. The molecule has 0 unspecified atom stereocenters. The van der Waals surface area contributed by atoms with Crippen molar-refractivity contribution in [2.24, 2.45) is 5.92 Å². The lowest BCUT2D eigenvalue weighted by Crippen LogP contribution is -2.37. The Morgan fingerprint density at radius 1 is 1.03 bits per heavy atom. The molecule has 1 fully saturated rings. The van der Waals surface area contributed by atoms with Crippen molar-refractivity contribution in [1.82, 2.24) is 19.4 Å². The van der Waals surface area contributed by atoms with Crippen molar-refractivity contribution < 1.29 is 9.18 Å². The van der Waals surface area contributed by atoms with Crippen molar-refractivity contribution in [1.29, 1.82) is 0 Å². The number of likely N-dealkylation sites (tertiary alicyclic amines) is 1. The highest BCUT2D eigenvalue weighted by Gasteiger charge is 2.21. The number of carbonyl (C=O) groups excluding carboxylic acids is 1. The van der Waals surface area contributed by atoms with Gasteiger partial charge in [-0.3, -0.25) is 9.78 Å². The Balaban J connectivity index is 1.30. The van der Waals surface area contributed by atoms with E-state index in [1.807, 2.05) is 41.4 Å². The molecule has 0 aliphatic carbocycles. The van der Waals surface area contributed by atoms with Crippen molar-refractivity contribution in [2.75, 3.05) is 13.1 Å². The molecule has 7 heteroatoms. The number of halogens is 1. The smallest absolute Gasteiger partial charge is 0.253 e. The molecule has 1 saturated heterocycles. The number of nitrogens with zero attached hydrogens (tertiary/aromatic N) is 4. The number of piperidine rings is 1. The number of pyridine rings is 1. The van der Waals surface area contributed by atoms with Gasteiger partial charge in [0.1, 0.15) is 5.82 Å². The Bertz CT molecular complexity index is 1280. The first-order valence-corrected chi connectivity index (χ1v) is 12.6. The first-order valence-electron chi connectivity index (χ1n) is 11.6. The van der Waals surface area contributed by atoms with E-state index in [9.17, 15) is 9.18 Å². The van der Waals surface area contributed by atoms with Gasteiger partial charge in [0.15, 0.2) is 5.16 Å². The molecule has 5 nitrogen and oxygen atoms in total. The van der Waals surface area contributed by atoms with Crippen molar-refractivity contribution >= 4 is 28.7 Å². The van der Waals surface area contributed by atoms with Gasteiger partial charge in [-0.25, -0.2) is 9.37 Å². The molecule has 0 saturated carbocycles. The minimum absolute atomic E-state index is 0.125. The number of benzene rings is 2. The van der Waals surface area contributed by atoms with Crippen LogP contribution < -0.4 is 0 Å². The summed E-state index contributed by atoms with van der Waals surface area (Å²) in [4.78, 5) is 23.9. The van der Waals surface area contributed by atoms with Crippen LogP contribution in [0, 0.1) is 11.7 Å². The number of hydrogen-bond acceptors (Lipinski definition) is 4. The number of hydrogen-bond donors (Lipinski definition) is 0. The van der Waals surface area contributed by atoms with Crippen LogP contribution in [0.1, 0.15) is 41.3 Å². The van der Waals surface area contributed by atoms with Gasteiger partial charge in [0.25, 0.3) is 5.91 Å². The number of carbonyl (C=O) groups is 1. The van der Waals surface area contributed by atoms with E-state index >= 15 is 0 Å². The standard InChI is InChI=1S/C27H27FN4OS/c1-19-11-14-31(15-12-19)26(33)22-6-2-21(3-7-22)18-34-27-30-24-10-13-29-16-25(24)32(27)17-20-4-8-23(28)9-5-20/h2-10,13,16,19H,11-12,14-15,17-18H2,1H3. The predicted molar refractivity (Wildman–Crippen MR) is 133 cm³/mol. The third-order valence-electron chi connectivity index (χ3n) is 6.41. The van der Waals surface area contributed by atoms with Crippen molar-refractivity contribution in [3.05, 3.63) is 89.5 Å². The summed E-state index contributed by atoms with van der Waals surface area (Å²) in [5.74, 6) is 1.31. The molecule has 2 aromatic heterocycles. The minimum Gasteiger partial charge on any atom is -0.339 e. The van der Waals surface area contributed by atoms with Gasteiger partial charge in [-0.05, 0) is 60.2 Å². The first-order chi connectivity index (χ1) is 16.6. The second-order valence-corrected chi connectivity index (χ2v) is 9.87. The van der Waals surface area contributed by atoms with Gasteiger partial charge in [-0.1, -0.05) is 43.0 Å². The summed E-state index contributed by atoms with van der Waals surface area (Å²) in [5, 5.41) is 0.884. The molecule has 0 spiro atoms. The lowest BCUT2D eigenvalue weighted by Gasteiger charge is -2.30. The van der Waals surface area contributed by atoms with E-state index < -0.39 is 0 Å². The number of imidazole rings is 1. The Morgan fingerprint density at radius 3 is 2.47 bits per heavy atom. The molecule has 2 aromatic carbocycles. The maximum absolute atomic E-state index is 13.3. The fraction of sp³-hybridized carbons (Fsp3) is 0.296. The topological polar surface area (TPSA) is 51.0 Å². The van der Waals surface area contributed by atoms with Crippen molar-refractivity contribution in [2.45, 2.75) is 37.2 Å². The molecule has 5 rings (SSSR count). The van der Waals surface area contributed by atoms with Crippen LogP contribution in [-0.4, -0.2) is 38.4 Å². The second-order valence-electron chi connectivity index (χ2n) is 8.93. The molecule has 0 bridgehead atoms. The van der Waals surface area contributed by atoms with Crippen LogP contribution in [0.15, 0.2) is 72.1 Å². The van der Waals surface area contributed by atoms with Gasteiger partial charge in [0.05, 0.1) is 23.8 Å². The SMILES string of the molecule is CC1CCN(C(=O)c2ccc(CSc3nc4ccncc4n3Cc3ccc(F)cc3)cc2)CC1. The predicted octanol–water partition coefficient (Wildman–Crippen LogP) is 5.78. The summed E-state index contributed by atoms with van der Waals surface area (Å²) in [6, 6.07) is 16.4. The molecule has 1 aliphatic heterocycles. The van der Waals surface area contributed by atoms with Crippen LogP contribution in [-0.2, 0) is 12.3 Å². The van der Waals surface area contributed by atoms with E-state index in [-0.39, 0.29) is 11.7 Å². The normalized spacial score (nSPS) is 14.6. The van der Waals surface area contributed by atoms with Gasteiger partial charge in [0, 0.05) is 30.6 Å². The maximum Gasteiger partial charge on any atom is 0.253 e. The van der Waals surface area contributed by atoms with Crippen LogP contribution in [0.25, 0.3) is 11.0 Å². The number of rotatable bonds is 6. The van der Waals surface area contributed by atoms with E-state index in [1.54, 1.807) is 30.1 Å². The molecule has 3 heterocycles. The van der Waals surface area contributed by atoms with Gasteiger partial charge in [-0.2, -0.15) is 0 Å². The molecule has 1 amide bonds. The van der Waals surface area contributed by atoms with Crippen molar-refractivity contribution in [3.63, 3.8) is 0 Å². The largest absolute Gasteiger partial charge is 0.339 e. The number of aromatic nitrogens is 3. The fourth-order valence-electron chi connectivity index (χ4n) is 4.27. The number of amides is 1. The van der Waals surface area contributed by atoms with Crippen LogP contribution in [0.5, 0.6) is 0 Å². The zero-order valence-electron chi connectivity index (χ0n) is 19.2. The van der Waals surface area contributed by atoms with Crippen LogP contribution >= 0.6 is 11.8 Å². The third kappa shape index (κ3) is 4.99. The zero-order chi connectivity index (χ0) is 23.5. The number of thioether (sulfide) groups is 1. The van der Waals surface area contributed by atoms with Crippen LogP contribution in [0.3, 0.4) is 0 Å². The molecule has 1 aliphatic rings. The van der Waals surface area contributed by atoms with Gasteiger partial charge < -0.3 is 9.47 Å². The number of fused-ring (bicyclic) bond motifs is 1. The van der Waals surface area contributed by atoms with Gasteiger partial charge in [-0.15, -0.1) is 0 Å². The molecule has 0 atom stereocenters. The Labute approximate surface area is 203 Å². The Morgan fingerprint density at radius 2 is 1.74 bits per heavy atom. The van der Waals surface area contributed by atoms with Crippen LogP contribution in [0.2, 0.25) is 0 Å². The van der Waals surface area contributed by atoms with E-state index in [4.69, 9.17) is 4.98 Å². The summed E-state index contributed by atoms with van der Waals surface area (Å²) >= 11 is 1.65. The van der Waals surface area contributed by atoms with Crippen LogP contribution in [0.4, 0.5) is 4.39 Å². The van der Waals surface area contributed by atoms with Crippen molar-refractivity contribution in [3.8, 4) is 0 Å².